The van der Waals surface area contributed by atoms with E-state index in [1.807, 2.05) is 48.5 Å². The van der Waals surface area contributed by atoms with Crippen LogP contribution in [0, 0.1) is 6.92 Å². The third-order valence-electron chi connectivity index (χ3n) is 6.02. The first-order chi connectivity index (χ1) is 16.5. The van der Waals surface area contributed by atoms with E-state index in [1.54, 1.807) is 11.3 Å². The summed E-state index contributed by atoms with van der Waals surface area (Å²) in [4.78, 5) is 33.0. The van der Waals surface area contributed by atoms with Gasteiger partial charge in [0.15, 0.2) is 0 Å². The summed E-state index contributed by atoms with van der Waals surface area (Å²) in [5, 5.41) is 2.80. The number of aryl methyl sites for hydroxylation is 1. The van der Waals surface area contributed by atoms with Crippen molar-refractivity contribution in [3.05, 3.63) is 90.5 Å². The molecule has 1 aliphatic rings. The summed E-state index contributed by atoms with van der Waals surface area (Å²) in [7, 11) is 0. The standard InChI is InChI=1S/C28H20N2O2S2/c1-17-6-13-23-24(14-17)34-27(29-23)19-7-10-21(11-8-19)30-26(31)16-25(28(30)32)33-22-12-9-18-4-2-3-5-20(18)15-22/h2-15,25H,16H2,1H3. The Morgan fingerprint density at radius 1 is 0.912 bits per heavy atom. The molecule has 1 atom stereocenters. The fourth-order valence-corrected chi connectivity index (χ4v) is 6.45. The Morgan fingerprint density at radius 3 is 2.53 bits per heavy atom. The molecular weight excluding hydrogens is 460 g/mol. The van der Waals surface area contributed by atoms with Gasteiger partial charge < -0.3 is 0 Å². The first-order valence-electron chi connectivity index (χ1n) is 11.0. The Hall–Kier alpha value is -3.48. The average molecular weight is 481 g/mol. The SMILES string of the molecule is Cc1ccc2nc(-c3ccc(N4C(=O)CC(Sc5ccc6ccccc6c5)C4=O)cc3)sc2c1. The first-order valence-corrected chi connectivity index (χ1v) is 12.7. The van der Waals surface area contributed by atoms with Crippen molar-refractivity contribution < 1.29 is 9.59 Å². The van der Waals surface area contributed by atoms with E-state index in [1.165, 1.54) is 22.2 Å². The maximum absolute atomic E-state index is 13.2. The molecule has 166 valence electrons. The molecule has 6 rings (SSSR count). The minimum absolute atomic E-state index is 0.161. The molecule has 1 fully saturated rings. The third-order valence-corrected chi connectivity index (χ3v) is 8.27. The predicted octanol–water partition coefficient (Wildman–Crippen LogP) is 6.85. The maximum atomic E-state index is 13.2. The van der Waals surface area contributed by atoms with Crippen LogP contribution in [-0.4, -0.2) is 22.0 Å². The van der Waals surface area contributed by atoms with Crippen LogP contribution in [0.3, 0.4) is 0 Å². The summed E-state index contributed by atoms with van der Waals surface area (Å²) >= 11 is 3.10. The lowest BCUT2D eigenvalue weighted by atomic mass is 10.1. The highest BCUT2D eigenvalue weighted by Crippen LogP contribution is 2.36. The minimum Gasteiger partial charge on any atom is -0.274 e. The Balaban J connectivity index is 1.22. The van der Waals surface area contributed by atoms with E-state index in [-0.39, 0.29) is 18.2 Å². The van der Waals surface area contributed by atoms with Crippen LogP contribution < -0.4 is 4.90 Å². The van der Waals surface area contributed by atoms with Gasteiger partial charge in [-0.1, -0.05) is 36.4 Å². The second kappa shape index (κ2) is 8.38. The molecule has 1 unspecified atom stereocenters. The molecule has 6 heteroatoms. The number of imide groups is 1. The number of aromatic nitrogens is 1. The van der Waals surface area contributed by atoms with Gasteiger partial charge >= 0.3 is 0 Å². The van der Waals surface area contributed by atoms with Gasteiger partial charge in [0, 0.05) is 16.9 Å². The zero-order valence-corrected chi connectivity index (χ0v) is 20.0. The van der Waals surface area contributed by atoms with E-state index in [0.29, 0.717) is 5.69 Å². The van der Waals surface area contributed by atoms with E-state index in [4.69, 9.17) is 4.98 Å². The summed E-state index contributed by atoms with van der Waals surface area (Å²) in [6.07, 6.45) is 0.204. The molecule has 4 nitrogen and oxygen atoms in total. The van der Waals surface area contributed by atoms with Gasteiger partial charge in [-0.25, -0.2) is 9.88 Å². The highest BCUT2D eigenvalue weighted by atomic mass is 32.2. The summed E-state index contributed by atoms with van der Waals surface area (Å²) in [5.41, 5.74) is 3.77. The number of amides is 2. The lowest BCUT2D eigenvalue weighted by Crippen LogP contribution is -2.31. The number of carbonyl (C=O) groups is 2. The van der Waals surface area contributed by atoms with Gasteiger partial charge in [-0.05, 0) is 71.8 Å². The van der Waals surface area contributed by atoms with Crippen LogP contribution in [-0.2, 0) is 9.59 Å². The second-order valence-electron chi connectivity index (χ2n) is 8.42. The van der Waals surface area contributed by atoms with Gasteiger partial charge in [0.1, 0.15) is 5.01 Å². The number of rotatable bonds is 4. The lowest BCUT2D eigenvalue weighted by molar-refractivity contribution is -0.121. The van der Waals surface area contributed by atoms with Crippen LogP contribution in [0.4, 0.5) is 5.69 Å². The quantitative estimate of drug-likeness (QED) is 0.264. The molecule has 1 saturated heterocycles. The Labute approximate surface area is 205 Å². The molecule has 0 N–H and O–H groups in total. The van der Waals surface area contributed by atoms with Crippen molar-refractivity contribution in [2.24, 2.45) is 0 Å². The molecule has 1 aromatic heterocycles. The highest BCUT2D eigenvalue weighted by Gasteiger charge is 2.40. The van der Waals surface area contributed by atoms with Crippen LogP contribution in [0.1, 0.15) is 12.0 Å². The van der Waals surface area contributed by atoms with Gasteiger partial charge in [-0.15, -0.1) is 23.1 Å². The van der Waals surface area contributed by atoms with Gasteiger partial charge in [0.05, 0.1) is 21.2 Å². The van der Waals surface area contributed by atoms with Crippen LogP contribution in [0.25, 0.3) is 31.6 Å². The van der Waals surface area contributed by atoms with Crippen molar-refractivity contribution in [2.45, 2.75) is 23.5 Å². The second-order valence-corrected chi connectivity index (χ2v) is 10.7. The van der Waals surface area contributed by atoms with E-state index in [2.05, 4.69) is 43.3 Å². The molecule has 2 heterocycles. The molecule has 0 spiro atoms. The zero-order chi connectivity index (χ0) is 23.2. The van der Waals surface area contributed by atoms with Gasteiger partial charge in [0.2, 0.25) is 11.8 Å². The van der Waals surface area contributed by atoms with Gasteiger partial charge in [-0.3, -0.25) is 9.59 Å². The van der Waals surface area contributed by atoms with E-state index in [0.717, 1.165) is 36.5 Å². The van der Waals surface area contributed by atoms with Crippen molar-refractivity contribution in [2.75, 3.05) is 4.90 Å². The van der Waals surface area contributed by atoms with E-state index >= 15 is 0 Å². The predicted molar refractivity (Wildman–Crippen MR) is 140 cm³/mol. The molecule has 34 heavy (non-hydrogen) atoms. The van der Waals surface area contributed by atoms with E-state index < -0.39 is 5.25 Å². The first kappa shape index (κ1) is 21.1. The number of carbonyl (C=O) groups excluding carboxylic acids is 2. The third kappa shape index (κ3) is 3.79. The smallest absolute Gasteiger partial charge is 0.247 e. The molecule has 1 aliphatic heterocycles. The summed E-state index contributed by atoms with van der Waals surface area (Å²) in [6.45, 7) is 2.07. The topological polar surface area (TPSA) is 50.3 Å². The fourth-order valence-electron chi connectivity index (χ4n) is 4.28. The maximum Gasteiger partial charge on any atom is 0.247 e. The largest absolute Gasteiger partial charge is 0.274 e. The number of hydrogen-bond donors (Lipinski definition) is 0. The van der Waals surface area contributed by atoms with Crippen molar-refractivity contribution in [1.82, 2.24) is 4.98 Å². The summed E-state index contributed by atoms with van der Waals surface area (Å²) in [5.74, 6) is -0.321. The molecule has 4 aromatic carbocycles. The molecule has 0 saturated carbocycles. The summed E-state index contributed by atoms with van der Waals surface area (Å²) < 4.78 is 1.15. The van der Waals surface area contributed by atoms with Crippen LogP contribution in [0.15, 0.2) is 89.8 Å². The zero-order valence-electron chi connectivity index (χ0n) is 18.4. The molecule has 0 radical (unpaired) electrons. The molecule has 2 amide bonds. The number of nitrogens with zero attached hydrogens (tertiary/aromatic N) is 2. The normalized spacial score (nSPS) is 16.1. The van der Waals surface area contributed by atoms with Crippen molar-refractivity contribution in [3.63, 3.8) is 0 Å². The number of benzene rings is 4. The van der Waals surface area contributed by atoms with Crippen molar-refractivity contribution in [1.29, 1.82) is 0 Å². The van der Waals surface area contributed by atoms with E-state index in [9.17, 15) is 9.59 Å². The number of fused-ring (bicyclic) bond motifs is 2. The highest BCUT2D eigenvalue weighted by molar-refractivity contribution is 8.00. The average Bonchev–Trinajstić information content (AvgIpc) is 3.39. The number of thiazole rings is 1. The monoisotopic (exact) mass is 480 g/mol. The Kier molecular flexibility index (Phi) is 5.20. The molecule has 0 aliphatic carbocycles. The number of hydrogen-bond acceptors (Lipinski definition) is 5. The molecule has 5 aromatic rings. The number of anilines is 1. The van der Waals surface area contributed by atoms with Gasteiger partial charge in [-0.2, -0.15) is 0 Å². The molecular formula is C28H20N2O2S2. The number of thioether (sulfide) groups is 1. The minimum atomic E-state index is -0.416. The lowest BCUT2D eigenvalue weighted by Gasteiger charge is -2.15. The van der Waals surface area contributed by atoms with Crippen molar-refractivity contribution >= 4 is 61.6 Å². The molecule has 0 bridgehead atoms. The van der Waals surface area contributed by atoms with Crippen LogP contribution in [0.5, 0.6) is 0 Å². The van der Waals surface area contributed by atoms with Crippen LogP contribution >= 0.6 is 23.1 Å². The van der Waals surface area contributed by atoms with Crippen LogP contribution in [0.2, 0.25) is 0 Å². The Morgan fingerprint density at radius 2 is 1.71 bits per heavy atom. The fraction of sp³-hybridized carbons (Fsp3) is 0.107. The Bertz CT molecular complexity index is 1570. The summed E-state index contributed by atoms with van der Waals surface area (Å²) in [6, 6.07) is 28.1. The van der Waals surface area contributed by atoms with Crippen molar-refractivity contribution in [3.8, 4) is 10.6 Å². The van der Waals surface area contributed by atoms with Gasteiger partial charge in [0.25, 0.3) is 0 Å².